The summed E-state index contributed by atoms with van der Waals surface area (Å²) in [6.45, 7) is 0. The molecule has 0 amide bonds. The van der Waals surface area contributed by atoms with Crippen molar-refractivity contribution in [2.24, 2.45) is 0 Å². The van der Waals surface area contributed by atoms with Crippen molar-refractivity contribution in [1.29, 1.82) is 0 Å². The Hall–Kier alpha value is 0.303. The van der Waals surface area contributed by atoms with E-state index in [0.717, 1.165) is 3.27 Å². The molecule has 0 saturated heterocycles. The molecule has 2 atom stereocenters. The van der Waals surface area contributed by atoms with E-state index in [1.54, 1.807) is 0 Å². The summed E-state index contributed by atoms with van der Waals surface area (Å²) in [6.07, 6.45) is 8.71. The fourth-order valence-electron chi connectivity index (χ4n) is 4.16. The van der Waals surface area contributed by atoms with Crippen LogP contribution in [-0.4, -0.2) is 0 Å². The van der Waals surface area contributed by atoms with E-state index in [-0.39, 0.29) is 3.63 Å². The van der Waals surface area contributed by atoms with E-state index in [0.29, 0.717) is 5.25 Å². The number of thioether (sulfide) groups is 1. The molecule has 1 heterocycles. The van der Waals surface area contributed by atoms with Crippen molar-refractivity contribution in [2.75, 3.05) is 0 Å². The fraction of sp³-hybridized carbons (Fsp3) is 0.100. The molecule has 0 N–H and O–H groups in total. The molecule has 26 heavy (non-hydrogen) atoms. The molecule has 2 unspecified atom stereocenters. The van der Waals surface area contributed by atoms with E-state index in [9.17, 15) is 0 Å². The van der Waals surface area contributed by atoms with Crippen LogP contribution >= 0.6 is 54.1 Å². The van der Waals surface area contributed by atoms with E-state index in [1.165, 1.54) is 31.6 Å². The first-order valence-electron chi connectivity index (χ1n) is 8.32. The summed E-state index contributed by atoms with van der Waals surface area (Å²) < 4.78 is 2.19. The normalized spacial score (nSPS) is 24.4. The van der Waals surface area contributed by atoms with Crippen LogP contribution in [0.25, 0.3) is 12.2 Å². The summed E-state index contributed by atoms with van der Waals surface area (Å²) in [7, 11) is 19.8. The van der Waals surface area contributed by atoms with E-state index in [2.05, 4.69) is 70.6 Å². The van der Waals surface area contributed by atoms with Crippen molar-refractivity contribution in [3.05, 3.63) is 86.3 Å². The molecular weight excluding hydrogens is 546 g/mol. The quantitative estimate of drug-likeness (QED) is 0.375. The molecule has 0 spiro atoms. The van der Waals surface area contributed by atoms with Gasteiger partial charge in [0.25, 0.3) is 0 Å². The van der Waals surface area contributed by atoms with Gasteiger partial charge in [-0.2, -0.15) is 0 Å². The van der Waals surface area contributed by atoms with Crippen molar-refractivity contribution in [1.82, 2.24) is 0 Å². The van der Waals surface area contributed by atoms with Gasteiger partial charge in [0.2, 0.25) is 0 Å². The maximum atomic E-state index is 7.35. The molecule has 0 radical (unpaired) electrons. The minimum absolute atomic E-state index is 0.0282. The zero-order valence-corrected chi connectivity index (χ0v) is 20.8. The molecular formula is C20H14BrCl2S2Zr. The summed E-state index contributed by atoms with van der Waals surface area (Å²) in [5.74, 6) is 0. The first-order valence-corrected chi connectivity index (χ1v) is 22.7. The molecule has 0 saturated carbocycles. The number of thiol groups is 1. The van der Waals surface area contributed by atoms with Crippen LogP contribution < -0.4 is 3.27 Å². The molecule has 2 aliphatic carbocycles. The zero-order chi connectivity index (χ0) is 18.1. The number of fused-ring (bicyclic) bond motifs is 4. The van der Waals surface area contributed by atoms with E-state index in [4.69, 9.17) is 26.4 Å². The standard InChI is InChI=1S/C11H6BrS.C9H7.2ClH.H2S.Zr/c12-10-6-8-5-7-3-1-2-4-9(7)11(8)13-10;1-2-5-9-7-3-6-8(9)4-1;;;;/h1-2,4-6,11H;1-7H;2*1H;1H2;/q;;;;;+3/p-3. The molecule has 0 fully saturated rings. The topological polar surface area (TPSA) is 0 Å². The van der Waals surface area contributed by atoms with Gasteiger partial charge in [-0.25, -0.2) is 0 Å². The molecule has 2 aromatic rings. The van der Waals surface area contributed by atoms with Crippen LogP contribution in [0, 0.1) is 0 Å². The second kappa shape index (κ2) is 6.15. The van der Waals surface area contributed by atoms with Crippen molar-refractivity contribution in [3.63, 3.8) is 0 Å². The van der Waals surface area contributed by atoms with Gasteiger partial charge >= 0.3 is 180 Å². The van der Waals surface area contributed by atoms with Crippen LogP contribution in [0.4, 0.5) is 0 Å². The first-order chi connectivity index (χ1) is 12.3. The average molecular weight is 561 g/mol. The fourth-order valence-corrected chi connectivity index (χ4v) is 19.2. The Balaban J connectivity index is 1.69. The number of hydrogen-bond donors (Lipinski definition) is 1. The Morgan fingerprint density at radius 1 is 1.00 bits per heavy atom. The van der Waals surface area contributed by atoms with Crippen LogP contribution in [-0.2, 0) is 14.9 Å². The molecule has 1 aliphatic heterocycles. The monoisotopic (exact) mass is 557 g/mol. The Morgan fingerprint density at radius 3 is 2.62 bits per heavy atom. The molecule has 0 nitrogen and oxygen atoms in total. The Bertz CT molecular complexity index is 1050. The average Bonchev–Trinajstić information content (AvgIpc) is 3.25. The second-order valence-corrected chi connectivity index (χ2v) is 36.4. The van der Waals surface area contributed by atoms with Gasteiger partial charge in [-0.1, -0.05) is 0 Å². The Kier molecular flexibility index (Phi) is 4.34. The van der Waals surface area contributed by atoms with Crippen LogP contribution in [0.2, 0.25) is 0 Å². The third-order valence-corrected chi connectivity index (χ3v) is 22.8. The van der Waals surface area contributed by atoms with Gasteiger partial charge in [0.05, 0.1) is 0 Å². The van der Waals surface area contributed by atoms with Gasteiger partial charge in [0.1, 0.15) is 0 Å². The summed E-state index contributed by atoms with van der Waals surface area (Å²) in [6, 6.07) is 14.7. The molecule has 131 valence electrons. The molecule has 0 aromatic heterocycles. The third-order valence-electron chi connectivity index (χ3n) is 5.36. The summed E-state index contributed by atoms with van der Waals surface area (Å²) in [5, 5.41) is 0.332. The van der Waals surface area contributed by atoms with Gasteiger partial charge in [0, 0.05) is 0 Å². The number of allylic oxidation sites excluding steroid dienone is 2. The molecule has 2 aromatic carbocycles. The maximum absolute atomic E-state index is 7.35. The van der Waals surface area contributed by atoms with Crippen LogP contribution in [0.3, 0.4) is 0 Å². The van der Waals surface area contributed by atoms with Gasteiger partial charge in [-0.15, -0.1) is 0 Å². The first kappa shape index (κ1) is 18.3. The van der Waals surface area contributed by atoms with Crippen LogP contribution in [0.5, 0.6) is 0 Å². The van der Waals surface area contributed by atoms with Crippen molar-refractivity contribution < 1.29 is 14.9 Å². The van der Waals surface area contributed by atoms with Gasteiger partial charge in [-0.3, -0.25) is 0 Å². The summed E-state index contributed by atoms with van der Waals surface area (Å²) in [5.41, 5.74) is 6.16. The predicted octanol–water partition coefficient (Wildman–Crippen LogP) is 7.34. The zero-order valence-electron chi connectivity index (χ0n) is 13.5. The van der Waals surface area contributed by atoms with Crippen molar-refractivity contribution >= 4 is 69.5 Å². The Labute approximate surface area is 177 Å². The molecule has 6 heteroatoms. The van der Waals surface area contributed by atoms with E-state index in [1.807, 2.05) is 23.9 Å². The number of halogens is 3. The number of benzene rings is 2. The molecule has 5 rings (SSSR count). The molecule has 3 aliphatic rings. The van der Waals surface area contributed by atoms with Gasteiger partial charge in [0.15, 0.2) is 0 Å². The second-order valence-electron chi connectivity index (χ2n) is 6.90. The third kappa shape index (κ3) is 2.67. The number of hydrogen-bond acceptors (Lipinski definition) is 2. The molecule has 0 bridgehead atoms. The van der Waals surface area contributed by atoms with Gasteiger partial charge in [-0.05, 0) is 0 Å². The van der Waals surface area contributed by atoms with Crippen molar-refractivity contribution in [3.8, 4) is 0 Å². The summed E-state index contributed by atoms with van der Waals surface area (Å²) >= 11 is 0.810. The van der Waals surface area contributed by atoms with E-state index < -0.39 is 14.9 Å². The van der Waals surface area contributed by atoms with E-state index >= 15 is 0 Å². The van der Waals surface area contributed by atoms with Crippen LogP contribution in [0.1, 0.15) is 31.1 Å². The van der Waals surface area contributed by atoms with Crippen molar-refractivity contribution in [2.45, 2.75) is 8.88 Å². The minimum atomic E-state index is -4.62. The van der Waals surface area contributed by atoms with Crippen LogP contribution in [0.15, 0.2) is 64.0 Å². The predicted molar refractivity (Wildman–Crippen MR) is 120 cm³/mol. The Morgan fingerprint density at radius 2 is 1.77 bits per heavy atom. The summed E-state index contributed by atoms with van der Waals surface area (Å²) in [4.78, 5) is 0. The van der Waals surface area contributed by atoms with Gasteiger partial charge < -0.3 is 0 Å². The SMILES string of the molecule is [SH][Zr]([Cl])([Cl])([c]1cccc2c1C=C1C=C(Br)SC12)[CH]1C=Cc2ccccc21. The number of rotatable bonds is 2.